The van der Waals surface area contributed by atoms with Crippen LogP contribution in [0, 0.1) is 0 Å². The molecule has 0 aromatic heterocycles. The van der Waals surface area contributed by atoms with Crippen LogP contribution < -0.4 is 4.72 Å². The lowest BCUT2D eigenvalue weighted by molar-refractivity contribution is -0.139. The summed E-state index contributed by atoms with van der Waals surface area (Å²) in [6, 6.07) is 3.31. The second kappa shape index (κ2) is 7.44. The summed E-state index contributed by atoms with van der Waals surface area (Å²) in [6.45, 7) is 0.0140. The second-order valence-corrected chi connectivity index (χ2v) is 6.31. The third-order valence-corrected chi connectivity index (χ3v) is 4.43. The second-order valence-electron chi connectivity index (χ2n) is 4.25. The van der Waals surface area contributed by atoms with Crippen molar-refractivity contribution in [3.63, 3.8) is 0 Å². The van der Waals surface area contributed by atoms with Crippen LogP contribution in [0.5, 0.6) is 0 Å². The molecule has 0 bridgehead atoms. The van der Waals surface area contributed by atoms with Crippen molar-refractivity contribution in [3.8, 4) is 0 Å². The zero-order valence-electron chi connectivity index (χ0n) is 11.2. The Morgan fingerprint density at radius 2 is 1.95 bits per heavy atom. The van der Waals surface area contributed by atoms with Gasteiger partial charge in [-0.05, 0) is 18.6 Å². The van der Waals surface area contributed by atoms with E-state index in [1.165, 1.54) is 13.2 Å². The van der Waals surface area contributed by atoms with E-state index in [0.717, 1.165) is 18.2 Å². The van der Waals surface area contributed by atoms with Crippen LogP contribution in [0.15, 0.2) is 29.2 Å². The Labute approximate surface area is 126 Å². The van der Waals surface area contributed by atoms with Crippen molar-refractivity contribution in [1.29, 1.82) is 0 Å². The standard InChI is InChI=1S/C12H15ClF3NO3S/c1-20-8-9(6-7-13)17-21(18,19)11-5-3-2-4-10(11)12(14,15)16/h2-5,9,17H,6-8H2,1H3. The molecule has 21 heavy (non-hydrogen) atoms. The molecule has 0 aliphatic heterocycles. The Bertz CT molecular complexity index is 557. The fraction of sp³-hybridized carbons (Fsp3) is 0.500. The van der Waals surface area contributed by atoms with Crippen LogP contribution in [-0.4, -0.2) is 34.1 Å². The summed E-state index contributed by atoms with van der Waals surface area (Å²) >= 11 is 5.54. The Hall–Kier alpha value is -0.830. The predicted octanol–water partition coefficient (Wildman–Crippen LogP) is 2.63. The molecule has 1 unspecified atom stereocenters. The third kappa shape index (κ3) is 5.14. The highest BCUT2D eigenvalue weighted by Crippen LogP contribution is 2.33. The molecule has 0 fully saturated rings. The van der Waals surface area contributed by atoms with E-state index < -0.39 is 32.7 Å². The summed E-state index contributed by atoms with van der Waals surface area (Å²) in [5, 5.41) is 0. The van der Waals surface area contributed by atoms with Gasteiger partial charge in [0.1, 0.15) is 0 Å². The molecule has 0 heterocycles. The predicted molar refractivity (Wildman–Crippen MR) is 72.8 cm³/mol. The highest BCUT2D eigenvalue weighted by atomic mass is 35.5. The number of hydrogen-bond donors (Lipinski definition) is 1. The van der Waals surface area contributed by atoms with Gasteiger partial charge in [-0.25, -0.2) is 13.1 Å². The van der Waals surface area contributed by atoms with Crippen molar-refractivity contribution in [2.45, 2.75) is 23.5 Å². The lowest BCUT2D eigenvalue weighted by atomic mass is 10.2. The van der Waals surface area contributed by atoms with Crippen molar-refractivity contribution < 1.29 is 26.3 Å². The molecule has 0 spiro atoms. The average molecular weight is 346 g/mol. The lowest BCUT2D eigenvalue weighted by Crippen LogP contribution is -2.39. The molecule has 0 amide bonds. The summed E-state index contributed by atoms with van der Waals surface area (Å²) in [7, 11) is -2.97. The monoisotopic (exact) mass is 345 g/mol. The van der Waals surface area contributed by atoms with Gasteiger partial charge in [-0.3, -0.25) is 0 Å². The minimum atomic E-state index is -4.76. The van der Waals surface area contributed by atoms with Crippen LogP contribution in [0.25, 0.3) is 0 Å². The van der Waals surface area contributed by atoms with Crippen LogP contribution >= 0.6 is 11.6 Å². The maximum atomic E-state index is 12.9. The molecule has 0 saturated carbocycles. The van der Waals surface area contributed by atoms with Crippen molar-refractivity contribution in [1.82, 2.24) is 4.72 Å². The van der Waals surface area contributed by atoms with Crippen LogP contribution in [0.4, 0.5) is 13.2 Å². The quantitative estimate of drug-likeness (QED) is 0.773. The highest BCUT2D eigenvalue weighted by Gasteiger charge is 2.37. The zero-order chi connectivity index (χ0) is 16.1. The Kier molecular flexibility index (Phi) is 6.45. The van der Waals surface area contributed by atoms with E-state index in [1.54, 1.807) is 0 Å². The lowest BCUT2D eigenvalue weighted by Gasteiger charge is -2.19. The Balaban J connectivity index is 3.13. The Morgan fingerprint density at radius 1 is 1.33 bits per heavy atom. The SMILES string of the molecule is COCC(CCCl)NS(=O)(=O)c1ccccc1C(F)(F)F. The third-order valence-electron chi connectivity index (χ3n) is 2.63. The van der Waals surface area contributed by atoms with Crippen molar-refractivity contribution >= 4 is 21.6 Å². The van der Waals surface area contributed by atoms with Crippen molar-refractivity contribution in [2.75, 3.05) is 19.6 Å². The summed E-state index contributed by atoms with van der Waals surface area (Å²) in [4.78, 5) is -0.812. The smallest absolute Gasteiger partial charge is 0.383 e. The first-order valence-electron chi connectivity index (χ1n) is 5.96. The molecule has 1 aromatic carbocycles. The van der Waals surface area contributed by atoms with E-state index in [0.29, 0.717) is 0 Å². The molecule has 0 radical (unpaired) electrons. The topological polar surface area (TPSA) is 55.4 Å². The fourth-order valence-electron chi connectivity index (χ4n) is 1.73. The number of ether oxygens (including phenoxy) is 1. The number of methoxy groups -OCH3 is 1. The number of hydrogen-bond acceptors (Lipinski definition) is 3. The molecule has 1 atom stereocenters. The summed E-state index contributed by atoms with van der Waals surface area (Å²) in [6.07, 6.45) is -4.52. The first kappa shape index (κ1) is 18.2. The summed E-state index contributed by atoms with van der Waals surface area (Å²) < 4.78 is 69.9. The van der Waals surface area contributed by atoms with Gasteiger partial charge >= 0.3 is 6.18 Å². The molecule has 120 valence electrons. The average Bonchev–Trinajstić information content (AvgIpc) is 2.38. The molecule has 0 saturated heterocycles. The van der Waals surface area contributed by atoms with Gasteiger partial charge in [-0.2, -0.15) is 13.2 Å². The zero-order valence-corrected chi connectivity index (χ0v) is 12.7. The largest absolute Gasteiger partial charge is 0.417 e. The molecular formula is C12H15ClF3NO3S. The molecule has 1 rings (SSSR count). The van der Waals surface area contributed by atoms with Crippen molar-refractivity contribution in [2.24, 2.45) is 0 Å². The molecule has 0 aliphatic rings. The first-order valence-corrected chi connectivity index (χ1v) is 7.97. The molecule has 4 nitrogen and oxygen atoms in total. The van der Waals surface area contributed by atoms with Crippen molar-refractivity contribution in [3.05, 3.63) is 29.8 Å². The highest BCUT2D eigenvalue weighted by molar-refractivity contribution is 7.89. The van der Waals surface area contributed by atoms with E-state index in [1.807, 2.05) is 0 Å². The maximum absolute atomic E-state index is 12.9. The van der Waals surface area contributed by atoms with Gasteiger partial charge in [-0.1, -0.05) is 12.1 Å². The van der Waals surface area contributed by atoms with Gasteiger partial charge in [0.15, 0.2) is 0 Å². The minimum absolute atomic E-state index is 0.0140. The molecular weight excluding hydrogens is 331 g/mol. The number of halogens is 4. The molecule has 0 aliphatic carbocycles. The fourth-order valence-corrected chi connectivity index (χ4v) is 3.47. The Morgan fingerprint density at radius 3 is 2.48 bits per heavy atom. The van der Waals surface area contributed by atoms with E-state index in [2.05, 4.69) is 4.72 Å². The number of nitrogens with one attached hydrogen (secondary N) is 1. The number of rotatable bonds is 7. The van der Waals surface area contributed by atoms with Gasteiger partial charge in [0.05, 0.1) is 17.1 Å². The van der Waals surface area contributed by atoms with Crippen LogP contribution in [0.2, 0.25) is 0 Å². The number of alkyl halides is 4. The van der Waals surface area contributed by atoms with Gasteiger partial charge in [-0.15, -0.1) is 11.6 Å². The summed E-state index contributed by atoms with van der Waals surface area (Å²) in [5.74, 6) is 0.150. The molecule has 9 heteroatoms. The normalized spacial score (nSPS) is 14.1. The van der Waals surface area contributed by atoms with Gasteiger partial charge in [0.25, 0.3) is 0 Å². The van der Waals surface area contributed by atoms with E-state index in [-0.39, 0.29) is 18.9 Å². The van der Waals surface area contributed by atoms with E-state index in [4.69, 9.17) is 16.3 Å². The maximum Gasteiger partial charge on any atom is 0.417 e. The number of benzene rings is 1. The first-order chi connectivity index (χ1) is 9.72. The van der Waals surface area contributed by atoms with Crippen LogP contribution in [0.1, 0.15) is 12.0 Å². The van der Waals surface area contributed by atoms with Gasteiger partial charge in [0.2, 0.25) is 10.0 Å². The number of sulfonamides is 1. The summed E-state index contributed by atoms with van der Waals surface area (Å²) in [5.41, 5.74) is -1.21. The minimum Gasteiger partial charge on any atom is -0.383 e. The van der Waals surface area contributed by atoms with Crippen LogP contribution in [0.3, 0.4) is 0 Å². The van der Waals surface area contributed by atoms with Gasteiger partial charge < -0.3 is 4.74 Å². The molecule has 1 aromatic rings. The van der Waals surface area contributed by atoms with Crippen LogP contribution in [-0.2, 0) is 20.9 Å². The molecule has 1 N–H and O–H groups in total. The van der Waals surface area contributed by atoms with Gasteiger partial charge in [0, 0.05) is 19.0 Å². The van der Waals surface area contributed by atoms with E-state index >= 15 is 0 Å². The van der Waals surface area contributed by atoms with E-state index in [9.17, 15) is 21.6 Å².